The topological polar surface area (TPSA) is 142 Å². The van der Waals surface area contributed by atoms with Crippen molar-refractivity contribution >= 4 is 26.8 Å². The standard InChI is InChI=1S/C26H29N7O4S/c1-5-38(35,36)18-9-8-17(27-13-18)12-28-23-26(34)33(15(2)3)24-20(31-23)11-10-19(32-24)21-22(16-6-7-16)29-14-30-25(21)37-4/h8-11,13-16H,5-7,12H2,1-4H3,(H,28,31). The highest BCUT2D eigenvalue weighted by Gasteiger charge is 2.31. The SMILES string of the molecule is CCS(=O)(=O)c1ccc(CNc2nc3ccc(-c4c(OC)ncnc4C4CC4)nc3n(C(C)C)c2=O)nc1. The lowest BCUT2D eigenvalue weighted by Gasteiger charge is -2.17. The molecule has 0 spiro atoms. The van der Waals surface area contributed by atoms with Crippen molar-refractivity contribution in [2.45, 2.75) is 57.0 Å². The number of ether oxygens (including phenoxy) is 1. The molecule has 1 aliphatic carbocycles. The fourth-order valence-corrected chi connectivity index (χ4v) is 5.12. The summed E-state index contributed by atoms with van der Waals surface area (Å²) in [5.41, 5.74) is 3.52. The van der Waals surface area contributed by atoms with Gasteiger partial charge in [-0.05, 0) is 51.0 Å². The third kappa shape index (κ3) is 4.83. The molecule has 0 saturated heterocycles. The molecule has 4 aromatic heterocycles. The number of nitrogens with zero attached hydrogens (tertiary/aromatic N) is 6. The zero-order chi connectivity index (χ0) is 27.0. The molecule has 1 N–H and O–H groups in total. The molecule has 11 nitrogen and oxygen atoms in total. The number of methoxy groups -OCH3 is 1. The van der Waals surface area contributed by atoms with E-state index >= 15 is 0 Å². The number of hydrogen-bond acceptors (Lipinski definition) is 10. The smallest absolute Gasteiger partial charge is 0.295 e. The van der Waals surface area contributed by atoms with Gasteiger partial charge in [0.1, 0.15) is 11.8 Å². The van der Waals surface area contributed by atoms with Gasteiger partial charge in [-0.25, -0.2) is 28.4 Å². The maximum atomic E-state index is 13.5. The van der Waals surface area contributed by atoms with Crippen LogP contribution in [0.25, 0.3) is 22.4 Å². The first-order chi connectivity index (χ1) is 18.2. The van der Waals surface area contributed by atoms with Crippen LogP contribution in [-0.2, 0) is 16.4 Å². The second kappa shape index (κ2) is 10.1. The van der Waals surface area contributed by atoms with Crippen LogP contribution in [0, 0.1) is 0 Å². The fraction of sp³-hybridized carbons (Fsp3) is 0.385. The van der Waals surface area contributed by atoms with Crippen LogP contribution in [0.5, 0.6) is 5.88 Å². The average Bonchev–Trinajstić information content (AvgIpc) is 3.77. The Kier molecular flexibility index (Phi) is 6.82. The Morgan fingerprint density at radius 1 is 1.11 bits per heavy atom. The van der Waals surface area contributed by atoms with Crippen molar-refractivity contribution in [2.24, 2.45) is 0 Å². The summed E-state index contributed by atoms with van der Waals surface area (Å²) in [7, 11) is -1.76. The third-order valence-corrected chi connectivity index (χ3v) is 8.20. The highest BCUT2D eigenvalue weighted by Crippen LogP contribution is 2.45. The molecule has 1 fully saturated rings. The van der Waals surface area contributed by atoms with E-state index in [-0.39, 0.29) is 34.6 Å². The number of hydrogen-bond donors (Lipinski definition) is 1. The van der Waals surface area contributed by atoms with Crippen molar-refractivity contribution in [3.05, 3.63) is 58.5 Å². The third-order valence-electron chi connectivity index (χ3n) is 6.48. The lowest BCUT2D eigenvalue weighted by molar-refractivity contribution is 0.397. The number of fused-ring (bicyclic) bond motifs is 1. The molecule has 4 heterocycles. The molecule has 5 rings (SSSR count). The number of pyridine rings is 2. The molecular formula is C26H29N7O4S. The van der Waals surface area contributed by atoms with Gasteiger partial charge in [0.05, 0.1) is 46.9 Å². The van der Waals surface area contributed by atoms with Gasteiger partial charge in [0, 0.05) is 18.2 Å². The van der Waals surface area contributed by atoms with Crippen LogP contribution in [0.2, 0.25) is 0 Å². The van der Waals surface area contributed by atoms with Gasteiger partial charge in [-0.15, -0.1) is 0 Å². The van der Waals surface area contributed by atoms with Gasteiger partial charge in [-0.1, -0.05) is 6.92 Å². The minimum Gasteiger partial charge on any atom is -0.480 e. The van der Waals surface area contributed by atoms with Crippen molar-refractivity contribution in [3.63, 3.8) is 0 Å². The molecule has 12 heteroatoms. The summed E-state index contributed by atoms with van der Waals surface area (Å²) in [6.07, 6.45) is 4.95. The molecule has 0 amide bonds. The van der Waals surface area contributed by atoms with Crippen molar-refractivity contribution in [2.75, 3.05) is 18.2 Å². The summed E-state index contributed by atoms with van der Waals surface area (Å²) in [6.45, 7) is 5.61. The molecule has 1 saturated carbocycles. The Morgan fingerprint density at radius 3 is 2.53 bits per heavy atom. The summed E-state index contributed by atoms with van der Waals surface area (Å²) in [6, 6.07) is 6.62. The Hall–Kier alpha value is -3.93. The summed E-state index contributed by atoms with van der Waals surface area (Å²) in [4.78, 5) is 36.1. The molecule has 1 aliphatic rings. The molecule has 0 aromatic carbocycles. The molecule has 0 radical (unpaired) electrons. The van der Waals surface area contributed by atoms with E-state index in [9.17, 15) is 13.2 Å². The predicted molar refractivity (Wildman–Crippen MR) is 143 cm³/mol. The quantitative estimate of drug-likeness (QED) is 0.338. The number of nitrogens with one attached hydrogen (secondary N) is 1. The van der Waals surface area contributed by atoms with Gasteiger partial charge in [0.2, 0.25) is 5.88 Å². The Labute approximate surface area is 220 Å². The number of anilines is 1. The Bertz CT molecular complexity index is 1660. The van der Waals surface area contributed by atoms with Crippen LogP contribution < -0.4 is 15.6 Å². The predicted octanol–water partition coefficient (Wildman–Crippen LogP) is 3.52. The van der Waals surface area contributed by atoms with E-state index in [2.05, 4.69) is 25.3 Å². The monoisotopic (exact) mass is 535 g/mol. The van der Waals surface area contributed by atoms with Crippen molar-refractivity contribution < 1.29 is 13.2 Å². The molecule has 38 heavy (non-hydrogen) atoms. The molecule has 0 bridgehead atoms. The van der Waals surface area contributed by atoms with E-state index in [0.717, 1.165) is 24.1 Å². The number of rotatable bonds is 9. The first-order valence-electron chi connectivity index (χ1n) is 12.5. The lowest BCUT2D eigenvalue weighted by Crippen LogP contribution is -2.27. The molecular weight excluding hydrogens is 506 g/mol. The van der Waals surface area contributed by atoms with Crippen LogP contribution >= 0.6 is 0 Å². The van der Waals surface area contributed by atoms with E-state index < -0.39 is 9.84 Å². The highest BCUT2D eigenvalue weighted by molar-refractivity contribution is 7.91. The summed E-state index contributed by atoms with van der Waals surface area (Å²) in [5.74, 6) is 0.959. The van der Waals surface area contributed by atoms with Crippen LogP contribution in [0.4, 0.5) is 5.82 Å². The molecule has 0 aliphatic heterocycles. The minimum atomic E-state index is -3.33. The molecule has 198 valence electrons. The zero-order valence-corrected chi connectivity index (χ0v) is 22.5. The maximum Gasteiger partial charge on any atom is 0.295 e. The van der Waals surface area contributed by atoms with Crippen LogP contribution in [0.15, 0.2) is 46.5 Å². The van der Waals surface area contributed by atoms with Gasteiger partial charge in [-0.2, -0.15) is 0 Å². The van der Waals surface area contributed by atoms with Crippen LogP contribution in [0.3, 0.4) is 0 Å². The van der Waals surface area contributed by atoms with Gasteiger partial charge < -0.3 is 10.1 Å². The van der Waals surface area contributed by atoms with E-state index in [1.54, 1.807) is 24.7 Å². The maximum absolute atomic E-state index is 13.5. The van der Waals surface area contributed by atoms with Gasteiger partial charge in [0.25, 0.3) is 5.56 Å². The Morgan fingerprint density at radius 2 is 1.89 bits per heavy atom. The van der Waals surface area contributed by atoms with Gasteiger partial charge in [-0.3, -0.25) is 14.3 Å². The molecule has 0 atom stereocenters. The van der Waals surface area contributed by atoms with Gasteiger partial charge in [0.15, 0.2) is 21.3 Å². The highest BCUT2D eigenvalue weighted by atomic mass is 32.2. The van der Waals surface area contributed by atoms with Crippen LogP contribution in [-0.4, -0.2) is 50.8 Å². The second-order valence-electron chi connectivity index (χ2n) is 9.43. The van der Waals surface area contributed by atoms with Crippen molar-refractivity contribution in [3.8, 4) is 17.1 Å². The van der Waals surface area contributed by atoms with E-state index in [1.165, 1.54) is 18.6 Å². The molecule has 0 unspecified atom stereocenters. The Balaban J connectivity index is 1.52. The van der Waals surface area contributed by atoms with E-state index in [1.807, 2.05) is 26.0 Å². The second-order valence-corrected chi connectivity index (χ2v) is 11.7. The summed E-state index contributed by atoms with van der Waals surface area (Å²) >= 11 is 0. The first kappa shape index (κ1) is 25.7. The first-order valence-corrected chi connectivity index (χ1v) is 14.1. The molecule has 4 aromatic rings. The normalized spacial score (nSPS) is 13.7. The van der Waals surface area contributed by atoms with Crippen molar-refractivity contribution in [1.82, 2.24) is 29.5 Å². The zero-order valence-electron chi connectivity index (χ0n) is 21.7. The van der Waals surface area contributed by atoms with E-state index in [0.29, 0.717) is 34.3 Å². The van der Waals surface area contributed by atoms with Crippen molar-refractivity contribution in [1.29, 1.82) is 0 Å². The average molecular weight is 536 g/mol. The lowest BCUT2D eigenvalue weighted by atomic mass is 10.1. The van der Waals surface area contributed by atoms with Gasteiger partial charge >= 0.3 is 0 Å². The summed E-state index contributed by atoms with van der Waals surface area (Å²) in [5, 5.41) is 3.06. The number of aromatic nitrogens is 6. The van der Waals surface area contributed by atoms with Crippen LogP contribution in [0.1, 0.15) is 57.0 Å². The van der Waals surface area contributed by atoms with E-state index in [4.69, 9.17) is 9.72 Å². The number of sulfone groups is 1. The summed E-state index contributed by atoms with van der Waals surface area (Å²) < 4.78 is 31.2. The minimum absolute atomic E-state index is 0.00372. The largest absolute Gasteiger partial charge is 0.480 e. The fourth-order valence-electron chi connectivity index (χ4n) is 4.30.